The van der Waals surface area contributed by atoms with Crippen molar-refractivity contribution in [3.63, 3.8) is 0 Å². The average Bonchev–Trinajstić information content (AvgIpc) is 3.70. The van der Waals surface area contributed by atoms with Crippen LogP contribution in [0.2, 0.25) is 0 Å². The Morgan fingerprint density at radius 3 is 2.65 bits per heavy atom. The van der Waals surface area contributed by atoms with Crippen LogP contribution in [-0.2, 0) is 16.0 Å². The minimum atomic E-state index is -0.703. The summed E-state index contributed by atoms with van der Waals surface area (Å²) in [6.07, 6.45) is 5.93. The molecule has 4 amide bonds. The van der Waals surface area contributed by atoms with Gasteiger partial charge >= 0.3 is 0 Å². The summed E-state index contributed by atoms with van der Waals surface area (Å²) in [5, 5.41) is 5.97. The predicted molar refractivity (Wildman–Crippen MR) is 174 cm³/mol. The van der Waals surface area contributed by atoms with Crippen LogP contribution in [0.4, 0.5) is 0 Å². The number of likely N-dealkylation sites (tertiary alicyclic amines) is 1. The Morgan fingerprint density at radius 1 is 1.07 bits per heavy atom. The second kappa shape index (κ2) is 15.7. The van der Waals surface area contributed by atoms with E-state index in [1.54, 1.807) is 35.5 Å². The highest BCUT2D eigenvalue weighted by Gasteiger charge is 2.40. The van der Waals surface area contributed by atoms with E-state index in [1.807, 2.05) is 36.1 Å². The van der Waals surface area contributed by atoms with E-state index in [0.717, 1.165) is 10.4 Å². The van der Waals surface area contributed by atoms with Crippen molar-refractivity contribution in [3.8, 4) is 11.5 Å². The maximum Gasteiger partial charge on any atom is 0.263 e. The Kier molecular flexibility index (Phi) is 11.2. The SMILES string of the molecule is COc1ccc2cc1O[C@H]1C[C@@H](C(=O)NCCCCN(C(=O)c3ccc(C)s3)CCCNC2=O)N(C(=O)CCc2cccnc2)C1. The van der Waals surface area contributed by atoms with Gasteiger partial charge in [-0.15, -0.1) is 11.3 Å². The van der Waals surface area contributed by atoms with Gasteiger partial charge < -0.3 is 29.9 Å². The number of nitrogens with zero attached hydrogens (tertiary/aromatic N) is 3. The molecule has 2 aromatic heterocycles. The van der Waals surface area contributed by atoms with Gasteiger partial charge in [-0.2, -0.15) is 0 Å². The zero-order chi connectivity index (χ0) is 32.5. The largest absolute Gasteiger partial charge is 0.493 e. The fraction of sp³-hybridized carbons (Fsp3) is 0.441. The molecule has 2 N–H and O–H groups in total. The molecule has 2 aliphatic rings. The van der Waals surface area contributed by atoms with Gasteiger partial charge in [-0.1, -0.05) is 6.07 Å². The van der Waals surface area contributed by atoms with Crippen LogP contribution in [0.1, 0.15) is 62.6 Å². The lowest BCUT2D eigenvalue weighted by Gasteiger charge is -2.24. The lowest BCUT2D eigenvalue weighted by atomic mass is 10.1. The molecule has 2 aliphatic heterocycles. The van der Waals surface area contributed by atoms with Crippen molar-refractivity contribution >= 4 is 35.0 Å². The average molecular weight is 648 g/mol. The number of carbonyl (C=O) groups excluding carboxylic acids is 4. The molecule has 11 nitrogen and oxygen atoms in total. The van der Waals surface area contributed by atoms with Crippen LogP contribution in [0.15, 0.2) is 54.9 Å². The number of benzene rings is 1. The summed E-state index contributed by atoms with van der Waals surface area (Å²) in [5.74, 6) is 0.130. The smallest absolute Gasteiger partial charge is 0.263 e. The molecule has 4 bridgehead atoms. The third-order valence-electron chi connectivity index (χ3n) is 8.24. The lowest BCUT2D eigenvalue weighted by Crippen LogP contribution is -2.46. The number of methoxy groups -OCH3 is 1. The highest BCUT2D eigenvalue weighted by atomic mass is 32.1. The standard InChI is InChI=1S/C34H41N5O6S/c1-23-8-12-30(46-23)34(43)38-17-4-3-15-37-33(42)27-20-26(22-39(27)31(40)13-9-24-7-5-14-35-21-24)45-29-19-25(10-11-28(29)44-2)32(41)36-16-6-18-38/h5,7-8,10-12,14,19,21,26-27H,3-4,6,9,13,15-18,20,22H2,1-2H3,(H,36,41)(H,37,42)/t26-,27-/m0/s1. The van der Waals surface area contributed by atoms with Gasteiger partial charge in [0.15, 0.2) is 11.5 Å². The van der Waals surface area contributed by atoms with Crippen molar-refractivity contribution in [2.24, 2.45) is 0 Å². The number of pyridine rings is 1. The third-order valence-corrected chi connectivity index (χ3v) is 9.23. The Balaban J connectivity index is 1.34. The van der Waals surface area contributed by atoms with Crippen LogP contribution < -0.4 is 20.1 Å². The summed E-state index contributed by atoms with van der Waals surface area (Å²) >= 11 is 1.46. The molecule has 46 heavy (non-hydrogen) atoms. The topological polar surface area (TPSA) is 130 Å². The number of fused-ring (bicyclic) bond motifs is 4. The molecule has 1 aromatic carbocycles. The number of hydrogen-bond donors (Lipinski definition) is 2. The number of rotatable bonds is 5. The van der Waals surface area contributed by atoms with Crippen LogP contribution in [-0.4, -0.2) is 90.4 Å². The first-order chi connectivity index (χ1) is 22.3. The second-order valence-corrected chi connectivity index (χ2v) is 12.9. The van der Waals surface area contributed by atoms with Crippen molar-refractivity contribution in [1.29, 1.82) is 0 Å². The van der Waals surface area contributed by atoms with Gasteiger partial charge in [0.05, 0.1) is 18.5 Å². The Bertz CT molecular complexity index is 1530. The van der Waals surface area contributed by atoms with Gasteiger partial charge in [0.2, 0.25) is 11.8 Å². The van der Waals surface area contributed by atoms with E-state index in [9.17, 15) is 19.2 Å². The number of nitrogens with one attached hydrogen (secondary N) is 2. The van der Waals surface area contributed by atoms with E-state index in [1.165, 1.54) is 18.4 Å². The molecule has 0 unspecified atom stereocenters. The van der Waals surface area contributed by atoms with Crippen LogP contribution in [0.5, 0.6) is 11.5 Å². The quantitative estimate of drug-likeness (QED) is 0.433. The first-order valence-corrected chi connectivity index (χ1v) is 16.6. The molecule has 3 aromatic rings. The summed E-state index contributed by atoms with van der Waals surface area (Å²) in [6.45, 7) is 4.02. The number of amides is 4. The fourth-order valence-corrected chi connectivity index (χ4v) is 6.62. The van der Waals surface area contributed by atoms with Crippen molar-refractivity contribution < 1.29 is 28.7 Å². The van der Waals surface area contributed by atoms with Gasteiger partial charge in [-0.3, -0.25) is 24.2 Å². The maximum atomic E-state index is 13.5. The fourth-order valence-electron chi connectivity index (χ4n) is 5.79. The van der Waals surface area contributed by atoms with Crippen molar-refractivity contribution in [3.05, 3.63) is 75.7 Å². The van der Waals surface area contributed by atoms with Gasteiger partial charge in [0, 0.05) is 61.9 Å². The molecule has 0 saturated carbocycles. The number of hydrogen-bond acceptors (Lipinski definition) is 8. The molecule has 0 aliphatic carbocycles. The molecule has 1 saturated heterocycles. The van der Waals surface area contributed by atoms with Gasteiger partial charge in [0.1, 0.15) is 12.1 Å². The summed E-state index contributed by atoms with van der Waals surface area (Å²) in [7, 11) is 1.52. The van der Waals surface area contributed by atoms with Crippen molar-refractivity contribution in [2.75, 3.05) is 39.8 Å². The molecular formula is C34H41N5O6S. The molecule has 1 fully saturated rings. The van der Waals surface area contributed by atoms with Crippen LogP contribution in [0, 0.1) is 6.92 Å². The van der Waals surface area contributed by atoms with E-state index in [4.69, 9.17) is 9.47 Å². The van der Waals surface area contributed by atoms with Crippen molar-refractivity contribution in [2.45, 2.75) is 57.6 Å². The monoisotopic (exact) mass is 647 g/mol. The van der Waals surface area contributed by atoms with E-state index >= 15 is 0 Å². The van der Waals surface area contributed by atoms with Crippen LogP contribution >= 0.6 is 11.3 Å². The minimum Gasteiger partial charge on any atom is -0.493 e. The van der Waals surface area contributed by atoms with E-state index < -0.39 is 12.1 Å². The lowest BCUT2D eigenvalue weighted by molar-refractivity contribution is -0.138. The minimum absolute atomic E-state index is 0.0336. The Hall–Kier alpha value is -4.45. The maximum absolute atomic E-state index is 13.5. The molecule has 244 valence electrons. The normalized spacial score (nSPS) is 19.6. The molecule has 2 atom stereocenters. The van der Waals surface area contributed by atoms with Crippen LogP contribution in [0.25, 0.3) is 0 Å². The predicted octanol–water partition coefficient (Wildman–Crippen LogP) is 3.61. The van der Waals surface area contributed by atoms with E-state index in [2.05, 4.69) is 15.6 Å². The number of aryl methyl sites for hydroxylation is 2. The first kappa shape index (κ1) is 32.9. The Labute approximate surface area is 273 Å². The molecule has 0 radical (unpaired) electrons. The number of carbonyl (C=O) groups is 4. The first-order valence-electron chi connectivity index (χ1n) is 15.8. The number of thiophene rings is 1. The summed E-state index contributed by atoms with van der Waals surface area (Å²) in [6, 6.07) is 11.8. The molecule has 0 spiro atoms. The third kappa shape index (κ3) is 8.42. The van der Waals surface area contributed by atoms with Gasteiger partial charge in [-0.25, -0.2) is 0 Å². The summed E-state index contributed by atoms with van der Waals surface area (Å²) in [4.78, 5) is 62.7. The van der Waals surface area contributed by atoms with Crippen molar-refractivity contribution in [1.82, 2.24) is 25.4 Å². The zero-order valence-corrected chi connectivity index (χ0v) is 27.1. The van der Waals surface area contributed by atoms with Gasteiger partial charge in [0.25, 0.3) is 11.8 Å². The molecule has 5 rings (SSSR count). The highest BCUT2D eigenvalue weighted by Crippen LogP contribution is 2.32. The van der Waals surface area contributed by atoms with Crippen LogP contribution in [0.3, 0.4) is 0 Å². The second-order valence-electron chi connectivity index (χ2n) is 11.6. The summed E-state index contributed by atoms with van der Waals surface area (Å²) < 4.78 is 11.8. The highest BCUT2D eigenvalue weighted by molar-refractivity contribution is 7.13. The number of aromatic nitrogens is 1. The molecule has 12 heteroatoms. The number of ether oxygens (including phenoxy) is 2. The summed E-state index contributed by atoms with van der Waals surface area (Å²) in [5.41, 5.74) is 1.34. The Morgan fingerprint density at radius 2 is 1.89 bits per heavy atom. The van der Waals surface area contributed by atoms with E-state index in [0.29, 0.717) is 80.2 Å². The zero-order valence-electron chi connectivity index (χ0n) is 26.3. The molecular weight excluding hydrogens is 606 g/mol. The molecule has 4 heterocycles. The van der Waals surface area contributed by atoms with E-state index in [-0.39, 0.29) is 36.6 Å². The van der Waals surface area contributed by atoms with Gasteiger partial charge in [-0.05, 0) is 74.6 Å².